The number of carbonyl (C=O) groups is 1. The van der Waals surface area contributed by atoms with Gasteiger partial charge in [0.25, 0.3) is 0 Å². The second kappa shape index (κ2) is 9.36. The van der Waals surface area contributed by atoms with Crippen molar-refractivity contribution in [3.63, 3.8) is 0 Å². The van der Waals surface area contributed by atoms with Crippen LogP contribution in [0.15, 0.2) is 52.5 Å². The molecular weight excluding hydrogens is 395 g/mol. The van der Waals surface area contributed by atoms with Gasteiger partial charge in [0.05, 0.1) is 10.6 Å². The number of halogens is 3. The number of ether oxygens (including phenoxy) is 1. The first-order valence-electron chi connectivity index (χ1n) is 8.00. The lowest BCUT2D eigenvalue weighted by molar-refractivity contribution is -0.275. The first-order valence-corrected chi connectivity index (χ1v) is 8.98. The average molecular weight is 413 g/mol. The monoisotopic (exact) mass is 413 g/mol. The molecule has 0 heterocycles. The summed E-state index contributed by atoms with van der Waals surface area (Å²) in [5.41, 5.74) is 7.97. The molecule has 0 atom stereocenters. The lowest BCUT2D eigenvalue weighted by Crippen LogP contribution is -2.19. The predicted molar refractivity (Wildman–Crippen MR) is 101 cm³/mol. The Morgan fingerprint density at radius 2 is 1.79 bits per heavy atom. The highest BCUT2D eigenvalue weighted by Gasteiger charge is 2.32. The van der Waals surface area contributed by atoms with Crippen molar-refractivity contribution in [3.05, 3.63) is 53.6 Å². The van der Waals surface area contributed by atoms with Crippen LogP contribution in [0.3, 0.4) is 0 Å². The Morgan fingerprint density at radius 1 is 1.14 bits per heavy atom. The van der Waals surface area contributed by atoms with Gasteiger partial charge in [0.1, 0.15) is 5.75 Å². The van der Waals surface area contributed by atoms with Crippen LogP contribution in [-0.2, 0) is 4.84 Å². The Kier molecular flexibility index (Phi) is 7.16. The molecule has 0 aliphatic heterocycles. The Bertz CT molecular complexity index is 852. The number of oxime groups is 1. The Morgan fingerprint density at radius 3 is 2.43 bits per heavy atom. The third-order valence-corrected chi connectivity index (χ3v) is 4.49. The number of thioether (sulfide) groups is 1. The van der Waals surface area contributed by atoms with Crippen molar-refractivity contribution in [1.29, 1.82) is 0 Å². The standard InChI is InChI=1S/C18H18F3N3O3S/c1-11-6-5-7-12(2)16(11)23-17(25)27-24-15(22)10-28-14-9-4-3-8-13(14)26-18(19,20)21/h3-9H,10H2,1-2H3,(H2,22,24)(H,23,25). The van der Waals surface area contributed by atoms with Gasteiger partial charge in [-0.25, -0.2) is 4.79 Å². The lowest BCUT2D eigenvalue weighted by Gasteiger charge is -2.12. The van der Waals surface area contributed by atoms with E-state index in [0.717, 1.165) is 22.9 Å². The third kappa shape index (κ3) is 6.69. The molecule has 0 aliphatic rings. The van der Waals surface area contributed by atoms with Gasteiger partial charge in [-0.15, -0.1) is 24.9 Å². The number of aryl methyl sites for hydroxylation is 2. The van der Waals surface area contributed by atoms with E-state index in [-0.39, 0.29) is 22.2 Å². The summed E-state index contributed by atoms with van der Waals surface area (Å²) in [6.45, 7) is 3.66. The fourth-order valence-corrected chi connectivity index (χ4v) is 2.98. The minimum absolute atomic E-state index is 0.00506. The van der Waals surface area contributed by atoms with E-state index in [1.165, 1.54) is 18.2 Å². The minimum atomic E-state index is -4.80. The van der Waals surface area contributed by atoms with Gasteiger partial charge in [-0.3, -0.25) is 10.2 Å². The average Bonchev–Trinajstić information content (AvgIpc) is 2.61. The quantitative estimate of drug-likeness (QED) is 0.233. The van der Waals surface area contributed by atoms with E-state index in [1.54, 1.807) is 6.07 Å². The van der Waals surface area contributed by atoms with Gasteiger partial charge in [0, 0.05) is 5.69 Å². The number of rotatable bonds is 6. The zero-order chi connectivity index (χ0) is 20.7. The van der Waals surface area contributed by atoms with Crippen LogP contribution in [-0.4, -0.2) is 24.0 Å². The number of amides is 1. The summed E-state index contributed by atoms with van der Waals surface area (Å²) >= 11 is 0.964. The number of benzene rings is 2. The highest BCUT2D eigenvalue weighted by Crippen LogP contribution is 2.32. The molecule has 2 aromatic carbocycles. The smallest absolute Gasteiger partial charge is 0.405 e. The van der Waals surface area contributed by atoms with Crippen LogP contribution in [0, 0.1) is 13.8 Å². The van der Waals surface area contributed by atoms with Crippen LogP contribution in [0.4, 0.5) is 23.7 Å². The van der Waals surface area contributed by atoms with Crippen molar-refractivity contribution in [3.8, 4) is 5.75 Å². The molecule has 2 rings (SSSR count). The fourth-order valence-electron chi connectivity index (χ4n) is 2.19. The van der Waals surface area contributed by atoms with Crippen molar-refractivity contribution in [1.82, 2.24) is 0 Å². The predicted octanol–water partition coefficient (Wildman–Crippen LogP) is 4.82. The minimum Gasteiger partial charge on any atom is -0.405 e. The summed E-state index contributed by atoms with van der Waals surface area (Å²) in [5.74, 6) is -0.431. The molecule has 2 aromatic rings. The van der Waals surface area contributed by atoms with Gasteiger partial charge in [0.15, 0.2) is 5.84 Å². The van der Waals surface area contributed by atoms with E-state index in [2.05, 4.69) is 15.2 Å². The molecule has 0 saturated heterocycles. The third-order valence-electron chi connectivity index (χ3n) is 3.40. The molecule has 150 valence electrons. The molecular formula is C18H18F3N3O3S. The largest absolute Gasteiger partial charge is 0.573 e. The SMILES string of the molecule is Cc1cccc(C)c1NC(=O)O/N=C(\N)CSc1ccccc1OC(F)(F)F. The maximum absolute atomic E-state index is 12.4. The number of hydrogen-bond acceptors (Lipinski definition) is 5. The Labute approximate surface area is 163 Å². The van der Waals surface area contributed by atoms with Crippen molar-refractivity contribution in [2.75, 3.05) is 11.1 Å². The number of para-hydroxylation sites is 2. The van der Waals surface area contributed by atoms with Crippen molar-refractivity contribution >= 4 is 29.4 Å². The number of nitrogens with zero attached hydrogens (tertiary/aromatic N) is 1. The molecule has 0 saturated carbocycles. The van der Waals surface area contributed by atoms with Crippen molar-refractivity contribution < 1.29 is 27.5 Å². The van der Waals surface area contributed by atoms with Gasteiger partial charge in [-0.1, -0.05) is 35.5 Å². The summed E-state index contributed by atoms with van der Waals surface area (Å²) in [6, 6.07) is 11.1. The van der Waals surface area contributed by atoms with Crippen LogP contribution in [0.25, 0.3) is 0 Å². The summed E-state index contributed by atoms with van der Waals surface area (Å²) in [5, 5.41) is 6.06. The fraction of sp³-hybridized carbons (Fsp3) is 0.222. The van der Waals surface area contributed by atoms with E-state index in [9.17, 15) is 18.0 Å². The maximum Gasteiger partial charge on any atom is 0.573 e. The number of carbonyl (C=O) groups excluding carboxylic acids is 1. The zero-order valence-electron chi connectivity index (χ0n) is 15.0. The number of alkyl halides is 3. The van der Waals surface area contributed by atoms with E-state index < -0.39 is 12.5 Å². The molecule has 28 heavy (non-hydrogen) atoms. The van der Waals surface area contributed by atoms with Gasteiger partial charge in [-0.05, 0) is 37.1 Å². The lowest BCUT2D eigenvalue weighted by atomic mass is 10.1. The molecule has 3 N–H and O–H groups in total. The number of amidine groups is 1. The molecule has 6 nitrogen and oxygen atoms in total. The van der Waals surface area contributed by atoms with E-state index in [1.807, 2.05) is 32.0 Å². The molecule has 0 fully saturated rings. The van der Waals surface area contributed by atoms with Gasteiger partial charge in [0.2, 0.25) is 0 Å². The summed E-state index contributed by atoms with van der Waals surface area (Å²) in [4.78, 5) is 16.8. The second-order valence-corrected chi connectivity index (χ2v) is 6.65. The molecule has 0 aliphatic carbocycles. The first-order chi connectivity index (χ1) is 13.2. The number of nitrogens with one attached hydrogen (secondary N) is 1. The van der Waals surface area contributed by atoms with Crippen molar-refractivity contribution in [2.24, 2.45) is 10.9 Å². The number of anilines is 1. The van der Waals surface area contributed by atoms with Crippen LogP contribution >= 0.6 is 11.8 Å². The first kappa shape index (κ1) is 21.4. The van der Waals surface area contributed by atoms with Crippen LogP contribution in [0.1, 0.15) is 11.1 Å². The molecule has 1 amide bonds. The second-order valence-electron chi connectivity index (χ2n) is 5.64. The van der Waals surface area contributed by atoms with E-state index >= 15 is 0 Å². The summed E-state index contributed by atoms with van der Waals surface area (Å²) < 4.78 is 41.2. The van der Waals surface area contributed by atoms with Crippen LogP contribution in [0.5, 0.6) is 5.75 Å². The zero-order valence-corrected chi connectivity index (χ0v) is 15.9. The van der Waals surface area contributed by atoms with Gasteiger partial charge >= 0.3 is 12.5 Å². The molecule has 0 radical (unpaired) electrons. The normalized spacial score (nSPS) is 11.8. The Balaban J connectivity index is 1.92. The topological polar surface area (TPSA) is 85.9 Å². The molecule has 0 spiro atoms. The number of hydrogen-bond donors (Lipinski definition) is 2. The summed E-state index contributed by atoms with van der Waals surface area (Å²) in [6.07, 6.45) is -5.63. The van der Waals surface area contributed by atoms with E-state index in [0.29, 0.717) is 5.69 Å². The van der Waals surface area contributed by atoms with Gasteiger partial charge in [-0.2, -0.15) is 0 Å². The molecule has 10 heteroatoms. The van der Waals surface area contributed by atoms with Crippen LogP contribution in [0.2, 0.25) is 0 Å². The summed E-state index contributed by atoms with van der Waals surface area (Å²) in [7, 11) is 0. The Hall–Kier alpha value is -2.88. The van der Waals surface area contributed by atoms with Gasteiger partial charge < -0.3 is 10.5 Å². The highest BCUT2D eigenvalue weighted by molar-refractivity contribution is 8.00. The molecule has 0 bridgehead atoms. The molecule has 0 unspecified atom stereocenters. The molecule has 0 aromatic heterocycles. The number of nitrogens with two attached hydrogens (primary N) is 1. The van der Waals surface area contributed by atoms with Crippen molar-refractivity contribution in [2.45, 2.75) is 25.1 Å². The van der Waals surface area contributed by atoms with Crippen LogP contribution < -0.4 is 15.8 Å². The maximum atomic E-state index is 12.4. The van der Waals surface area contributed by atoms with E-state index in [4.69, 9.17) is 10.6 Å². The highest BCUT2D eigenvalue weighted by atomic mass is 32.2.